The fourth-order valence-corrected chi connectivity index (χ4v) is 2.29. The van der Waals surface area contributed by atoms with E-state index < -0.39 is 41.2 Å². The van der Waals surface area contributed by atoms with Crippen LogP contribution < -0.4 is 5.63 Å². The van der Waals surface area contributed by atoms with E-state index in [0.29, 0.717) is 0 Å². The van der Waals surface area contributed by atoms with Crippen LogP contribution in [0.15, 0.2) is 15.3 Å². The van der Waals surface area contributed by atoms with Crippen LogP contribution in [-0.2, 0) is 11.4 Å². The first-order chi connectivity index (χ1) is 10.7. The highest BCUT2D eigenvalue weighted by Crippen LogP contribution is 2.39. The number of rotatable bonds is 4. The number of aromatic hydroxyl groups is 2. The van der Waals surface area contributed by atoms with E-state index in [1.807, 2.05) is 0 Å². The molecule has 23 heavy (non-hydrogen) atoms. The van der Waals surface area contributed by atoms with Crippen molar-refractivity contribution in [3.63, 3.8) is 0 Å². The second kappa shape index (κ2) is 5.85. The van der Waals surface area contributed by atoms with Gasteiger partial charge in [0.25, 0.3) is 0 Å². The third-order valence-corrected chi connectivity index (χ3v) is 3.95. The quantitative estimate of drug-likeness (QED) is 0.336. The lowest BCUT2D eigenvalue weighted by Gasteiger charge is -2.13. The van der Waals surface area contributed by atoms with Crippen molar-refractivity contribution in [2.45, 2.75) is 27.4 Å². The summed E-state index contributed by atoms with van der Waals surface area (Å²) in [5, 5.41) is 29.3. The van der Waals surface area contributed by atoms with Crippen molar-refractivity contribution in [1.29, 1.82) is 0 Å². The smallest absolute Gasteiger partial charge is 0.347 e. The molecule has 3 N–H and O–H groups in total. The van der Waals surface area contributed by atoms with Gasteiger partial charge in [-0.1, -0.05) is 0 Å². The van der Waals surface area contributed by atoms with Gasteiger partial charge in [-0.25, -0.2) is 4.79 Å². The summed E-state index contributed by atoms with van der Waals surface area (Å²) in [7, 11) is 0. The molecule has 0 saturated carbocycles. The summed E-state index contributed by atoms with van der Waals surface area (Å²) < 4.78 is 4.94. The van der Waals surface area contributed by atoms with Gasteiger partial charge in [-0.2, -0.15) is 0 Å². The molecular weight excluding hydrogens is 304 g/mol. The number of hydrogen-bond donors (Lipinski definition) is 3. The third kappa shape index (κ3) is 2.59. The van der Waals surface area contributed by atoms with Crippen LogP contribution in [0, 0.1) is 12.8 Å². The number of ketones is 2. The van der Waals surface area contributed by atoms with Crippen LogP contribution in [0.5, 0.6) is 11.5 Å². The van der Waals surface area contributed by atoms with Crippen LogP contribution >= 0.6 is 0 Å². The Bertz CT molecular complexity index is 876. The van der Waals surface area contributed by atoms with Crippen molar-refractivity contribution in [3.05, 3.63) is 33.2 Å². The number of benzene rings is 1. The lowest BCUT2D eigenvalue weighted by Crippen LogP contribution is -2.24. The first-order valence-electron chi connectivity index (χ1n) is 6.87. The average Bonchev–Trinajstić information content (AvgIpc) is 2.52. The van der Waals surface area contributed by atoms with Crippen molar-refractivity contribution in [2.75, 3.05) is 0 Å². The van der Waals surface area contributed by atoms with Crippen molar-refractivity contribution in [1.82, 2.24) is 0 Å². The van der Waals surface area contributed by atoms with E-state index in [-0.39, 0.29) is 27.7 Å². The molecule has 1 heterocycles. The van der Waals surface area contributed by atoms with Gasteiger partial charge in [0, 0.05) is 10.9 Å². The van der Waals surface area contributed by atoms with Gasteiger partial charge in [-0.05, 0) is 32.4 Å². The van der Waals surface area contributed by atoms with E-state index in [4.69, 9.17) is 4.42 Å². The zero-order valence-corrected chi connectivity index (χ0v) is 12.8. The second-order valence-electron chi connectivity index (χ2n) is 5.35. The van der Waals surface area contributed by atoms with E-state index in [0.717, 1.165) is 0 Å². The van der Waals surface area contributed by atoms with E-state index in [1.54, 1.807) is 0 Å². The van der Waals surface area contributed by atoms with Gasteiger partial charge in [0.15, 0.2) is 17.1 Å². The van der Waals surface area contributed by atoms with E-state index in [9.17, 15) is 29.7 Å². The van der Waals surface area contributed by atoms with Crippen LogP contribution in [0.3, 0.4) is 0 Å². The number of aliphatic hydroxyl groups excluding tert-OH is 1. The standard InChI is InChI=1S/C16H16O7/c1-6(8(3)18)12(19)10-4-9-11(5-17)7(2)13(20)14(21)15(9)23-16(10)22/h4,6,17,20-21H,5H2,1-3H3. The highest BCUT2D eigenvalue weighted by atomic mass is 16.4. The molecule has 0 spiro atoms. The maximum absolute atomic E-state index is 12.2. The molecule has 0 amide bonds. The Morgan fingerprint density at radius 3 is 2.39 bits per heavy atom. The lowest BCUT2D eigenvalue weighted by molar-refractivity contribution is -0.118. The number of phenols is 2. The lowest BCUT2D eigenvalue weighted by atomic mass is 9.95. The van der Waals surface area contributed by atoms with Gasteiger partial charge >= 0.3 is 5.63 Å². The van der Waals surface area contributed by atoms with Crippen LogP contribution in [0.2, 0.25) is 0 Å². The van der Waals surface area contributed by atoms with Gasteiger partial charge in [-0.3, -0.25) is 9.59 Å². The third-order valence-electron chi connectivity index (χ3n) is 3.95. The first-order valence-corrected chi connectivity index (χ1v) is 6.87. The maximum atomic E-state index is 12.2. The summed E-state index contributed by atoms with van der Waals surface area (Å²) in [5.41, 5.74) is -1.29. The zero-order chi connectivity index (χ0) is 17.5. The first kappa shape index (κ1) is 16.7. The molecule has 122 valence electrons. The summed E-state index contributed by atoms with van der Waals surface area (Å²) in [6, 6.07) is 1.17. The van der Waals surface area contributed by atoms with Crippen LogP contribution in [0.25, 0.3) is 11.0 Å². The van der Waals surface area contributed by atoms with Gasteiger partial charge in [0.1, 0.15) is 11.3 Å². The molecule has 7 heteroatoms. The molecule has 0 aliphatic heterocycles. The monoisotopic (exact) mass is 320 g/mol. The number of phenolic OH excluding ortho intramolecular Hbond substituents is 2. The second-order valence-corrected chi connectivity index (χ2v) is 5.35. The SMILES string of the molecule is CC(=O)C(C)C(=O)c1cc2c(CO)c(C)c(O)c(O)c2oc1=O. The molecule has 0 radical (unpaired) electrons. The van der Waals surface area contributed by atoms with Crippen LogP contribution in [0.1, 0.15) is 35.3 Å². The molecule has 2 rings (SSSR count). The Labute approximate surface area is 130 Å². The molecule has 0 bridgehead atoms. The molecule has 1 aromatic heterocycles. The van der Waals surface area contributed by atoms with Gasteiger partial charge in [0.05, 0.1) is 12.5 Å². The molecular formula is C16H16O7. The predicted octanol–water partition coefficient (Wildman–Crippen LogP) is 1.41. The number of hydrogen-bond acceptors (Lipinski definition) is 7. The summed E-state index contributed by atoms with van der Waals surface area (Å²) in [6.07, 6.45) is 0. The fraction of sp³-hybridized carbons (Fsp3) is 0.312. The summed E-state index contributed by atoms with van der Waals surface area (Å²) in [6.45, 7) is 3.57. The minimum atomic E-state index is -1.03. The number of fused-ring (bicyclic) bond motifs is 1. The Morgan fingerprint density at radius 2 is 1.87 bits per heavy atom. The Balaban J connectivity index is 2.85. The molecule has 1 unspecified atom stereocenters. The maximum Gasteiger partial charge on any atom is 0.347 e. The number of aliphatic hydroxyl groups is 1. The summed E-state index contributed by atoms with van der Waals surface area (Å²) >= 11 is 0. The number of Topliss-reactive ketones (excluding diaryl/α,β-unsaturated/α-hetero) is 2. The zero-order valence-electron chi connectivity index (χ0n) is 12.8. The Kier molecular flexibility index (Phi) is 4.24. The van der Waals surface area contributed by atoms with Gasteiger partial charge < -0.3 is 19.7 Å². The fourth-order valence-electron chi connectivity index (χ4n) is 2.29. The number of carbonyl (C=O) groups is 2. The Hall–Kier alpha value is -2.67. The highest BCUT2D eigenvalue weighted by molar-refractivity contribution is 6.10. The minimum Gasteiger partial charge on any atom is -0.504 e. The van der Waals surface area contributed by atoms with E-state index in [2.05, 4.69) is 0 Å². The highest BCUT2D eigenvalue weighted by Gasteiger charge is 2.26. The molecule has 0 aliphatic carbocycles. The van der Waals surface area contributed by atoms with Crippen molar-refractivity contribution in [2.24, 2.45) is 5.92 Å². The average molecular weight is 320 g/mol. The predicted molar refractivity (Wildman–Crippen MR) is 80.6 cm³/mol. The van der Waals surface area contributed by atoms with E-state index in [1.165, 1.54) is 26.8 Å². The molecule has 1 atom stereocenters. The summed E-state index contributed by atoms with van der Waals surface area (Å²) in [5.74, 6) is -3.28. The van der Waals surface area contributed by atoms with E-state index >= 15 is 0 Å². The normalized spacial score (nSPS) is 12.3. The Morgan fingerprint density at radius 1 is 1.26 bits per heavy atom. The van der Waals surface area contributed by atoms with Gasteiger partial charge in [-0.15, -0.1) is 0 Å². The molecule has 0 saturated heterocycles. The van der Waals surface area contributed by atoms with Gasteiger partial charge in [0.2, 0.25) is 5.75 Å². The van der Waals surface area contributed by atoms with Crippen LogP contribution in [-0.4, -0.2) is 26.9 Å². The van der Waals surface area contributed by atoms with Crippen molar-refractivity contribution >= 4 is 22.5 Å². The molecule has 0 fully saturated rings. The number of carbonyl (C=O) groups excluding carboxylic acids is 2. The van der Waals surface area contributed by atoms with Crippen LogP contribution in [0.4, 0.5) is 0 Å². The summed E-state index contributed by atoms with van der Waals surface area (Å²) in [4.78, 5) is 35.6. The largest absolute Gasteiger partial charge is 0.504 e. The molecule has 1 aromatic carbocycles. The molecule has 7 nitrogen and oxygen atoms in total. The molecule has 2 aromatic rings. The minimum absolute atomic E-state index is 0.124. The van der Waals surface area contributed by atoms with Crippen molar-refractivity contribution < 1.29 is 29.3 Å². The molecule has 0 aliphatic rings. The van der Waals surface area contributed by atoms with Crippen molar-refractivity contribution in [3.8, 4) is 11.5 Å². The topological polar surface area (TPSA) is 125 Å².